The van der Waals surface area contributed by atoms with Crippen LogP contribution < -0.4 is 4.90 Å². The molecule has 1 saturated heterocycles. The van der Waals surface area contributed by atoms with Crippen molar-refractivity contribution in [2.24, 2.45) is 22.9 Å². The van der Waals surface area contributed by atoms with E-state index in [0.717, 1.165) is 32.0 Å². The maximum absolute atomic E-state index is 13.7. The SMILES string of the molecule is [C-]#[N+]c1ccnc(N2C[C@H]3CC(C(=O)N4N=CC[C@@H]4c4cc(F)cc(F)c4)C[C@H]3C2)n1. The van der Waals surface area contributed by atoms with Gasteiger partial charge in [0, 0.05) is 43.9 Å². The van der Waals surface area contributed by atoms with Gasteiger partial charge in [0.2, 0.25) is 5.91 Å². The smallest absolute Gasteiger partial charge is 0.322 e. The molecule has 158 valence electrons. The summed E-state index contributed by atoms with van der Waals surface area (Å²) >= 11 is 0. The van der Waals surface area contributed by atoms with Crippen LogP contribution in [0.1, 0.15) is 30.9 Å². The predicted octanol–water partition coefficient (Wildman–Crippen LogP) is 3.73. The molecule has 1 aliphatic carbocycles. The summed E-state index contributed by atoms with van der Waals surface area (Å²) in [4.78, 5) is 27.2. The third-order valence-electron chi connectivity index (χ3n) is 6.45. The first-order chi connectivity index (χ1) is 15.0. The van der Waals surface area contributed by atoms with Gasteiger partial charge in [-0.2, -0.15) is 5.10 Å². The van der Waals surface area contributed by atoms with Gasteiger partial charge in [-0.15, -0.1) is 0 Å². The molecule has 2 fully saturated rings. The topological polar surface area (TPSA) is 66.1 Å². The fourth-order valence-corrected chi connectivity index (χ4v) is 5.08. The van der Waals surface area contributed by atoms with Gasteiger partial charge in [0.1, 0.15) is 11.6 Å². The number of hydrazone groups is 1. The molecule has 1 amide bonds. The molecule has 9 heteroatoms. The fraction of sp³-hybridized carbons (Fsp3) is 0.409. The summed E-state index contributed by atoms with van der Waals surface area (Å²) in [5.41, 5.74) is 0.421. The van der Waals surface area contributed by atoms with E-state index < -0.39 is 17.7 Å². The normalized spacial score (nSPS) is 26.9. The second-order valence-corrected chi connectivity index (χ2v) is 8.36. The lowest BCUT2D eigenvalue weighted by Gasteiger charge is -2.26. The molecule has 1 aromatic carbocycles. The number of amides is 1. The fourth-order valence-electron chi connectivity index (χ4n) is 5.08. The molecular weight excluding hydrogens is 402 g/mol. The van der Waals surface area contributed by atoms with Crippen LogP contribution in [-0.2, 0) is 4.79 Å². The summed E-state index contributed by atoms with van der Waals surface area (Å²) in [5.74, 6) is -0.00968. The average Bonchev–Trinajstić information content (AvgIpc) is 3.47. The standard InChI is InChI=1S/C22H20F2N6O/c1-25-20-3-4-26-22(28-20)29-11-15-6-14(7-16(15)12-29)21(31)30-19(2-5-27-30)13-8-17(23)10-18(24)9-13/h3-5,8-10,14-16,19H,2,6-7,11-12H2/t14?,15-,16+,19-/m1/s1. The van der Waals surface area contributed by atoms with Gasteiger partial charge in [0.05, 0.1) is 6.04 Å². The summed E-state index contributed by atoms with van der Waals surface area (Å²) in [5, 5.41) is 5.63. The van der Waals surface area contributed by atoms with E-state index in [4.69, 9.17) is 6.57 Å². The highest BCUT2D eigenvalue weighted by molar-refractivity contribution is 5.82. The van der Waals surface area contributed by atoms with Gasteiger partial charge in [-0.3, -0.25) is 4.79 Å². The number of fused-ring (bicyclic) bond motifs is 1. The van der Waals surface area contributed by atoms with Crippen LogP contribution in [0, 0.1) is 36.0 Å². The summed E-state index contributed by atoms with van der Waals surface area (Å²) in [6.45, 7) is 8.61. The van der Waals surface area contributed by atoms with E-state index >= 15 is 0 Å². The largest absolute Gasteiger partial charge is 0.360 e. The monoisotopic (exact) mass is 422 g/mol. The van der Waals surface area contributed by atoms with E-state index in [1.54, 1.807) is 18.5 Å². The Morgan fingerprint density at radius 3 is 2.52 bits per heavy atom. The van der Waals surface area contributed by atoms with Crippen molar-refractivity contribution >= 4 is 23.9 Å². The van der Waals surface area contributed by atoms with Crippen molar-refractivity contribution in [3.63, 3.8) is 0 Å². The Hall–Kier alpha value is -3.41. The summed E-state index contributed by atoms with van der Waals surface area (Å²) in [7, 11) is 0. The minimum atomic E-state index is -0.658. The number of benzene rings is 1. The Bertz CT molecular complexity index is 1070. The quantitative estimate of drug-likeness (QED) is 0.707. The lowest BCUT2D eigenvalue weighted by molar-refractivity contribution is -0.137. The van der Waals surface area contributed by atoms with Crippen LogP contribution in [0.5, 0.6) is 0 Å². The van der Waals surface area contributed by atoms with Crippen molar-refractivity contribution in [1.82, 2.24) is 15.0 Å². The summed E-state index contributed by atoms with van der Waals surface area (Å²) in [6, 6.07) is 4.47. The lowest BCUT2D eigenvalue weighted by Crippen LogP contribution is -2.33. The maximum atomic E-state index is 13.7. The van der Waals surface area contributed by atoms with E-state index in [2.05, 4.69) is 24.8 Å². The molecule has 2 aromatic rings. The van der Waals surface area contributed by atoms with Crippen LogP contribution in [0.4, 0.5) is 20.5 Å². The minimum Gasteiger partial charge on any atom is -0.360 e. The zero-order valence-electron chi connectivity index (χ0n) is 16.7. The Balaban J connectivity index is 1.26. The van der Waals surface area contributed by atoms with Crippen molar-refractivity contribution in [3.8, 4) is 0 Å². The highest BCUT2D eigenvalue weighted by atomic mass is 19.1. The predicted molar refractivity (Wildman–Crippen MR) is 109 cm³/mol. The van der Waals surface area contributed by atoms with Crippen molar-refractivity contribution < 1.29 is 13.6 Å². The number of carbonyl (C=O) groups excluding carboxylic acids is 1. The molecule has 1 aromatic heterocycles. The highest BCUT2D eigenvalue weighted by Crippen LogP contribution is 2.44. The number of carbonyl (C=O) groups is 1. The first kappa shape index (κ1) is 19.5. The van der Waals surface area contributed by atoms with Crippen LogP contribution in [0.15, 0.2) is 35.6 Å². The minimum absolute atomic E-state index is 0.0874. The van der Waals surface area contributed by atoms with Gasteiger partial charge in [0.15, 0.2) is 0 Å². The molecule has 3 aliphatic rings. The lowest BCUT2D eigenvalue weighted by atomic mass is 10.0. The van der Waals surface area contributed by atoms with Crippen LogP contribution in [0.3, 0.4) is 0 Å². The van der Waals surface area contributed by atoms with Crippen molar-refractivity contribution in [2.75, 3.05) is 18.0 Å². The second-order valence-electron chi connectivity index (χ2n) is 8.36. The van der Waals surface area contributed by atoms with Crippen molar-refractivity contribution in [3.05, 3.63) is 59.1 Å². The van der Waals surface area contributed by atoms with Gasteiger partial charge in [0.25, 0.3) is 5.82 Å². The first-order valence-electron chi connectivity index (χ1n) is 10.3. The molecule has 5 rings (SSSR count). The maximum Gasteiger partial charge on any atom is 0.322 e. The van der Waals surface area contributed by atoms with E-state index in [9.17, 15) is 13.6 Å². The van der Waals surface area contributed by atoms with E-state index in [1.807, 2.05) is 0 Å². The number of anilines is 1. The Morgan fingerprint density at radius 2 is 1.84 bits per heavy atom. The number of aromatic nitrogens is 2. The van der Waals surface area contributed by atoms with Crippen molar-refractivity contribution in [2.45, 2.75) is 25.3 Å². The van der Waals surface area contributed by atoms with Gasteiger partial charge in [-0.1, -0.05) is 11.6 Å². The summed E-state index contributed by atoms with van der Waals surface area (Å²) in [6.07, 6.45) is 5.13. The number of hydrogen-bond donors (Lipinski definition) is 0. The third-order valence-corrected chi connectivity index (χ3v) is 6.45. The molecule has 0 spiro atoms. The van der Waals surface area contributed by atoms with Crippen LogP contribution >= 0.6 is 0 Å². The summed E-state index contributed by atoms with van der Waals surface area (Å²) < 4.78 is 27.4. The van der Waals surface area contributed by atoms with E-state index in [-0.39, 0.29) is 11.8 Å². The number of nitrogens with zero attached hydrogens (tertiary/aromatic N) is 6. The average molecular weight is 422 g/mol. The van der Waals surface area contributed by atoms with Gasteiger partial charge in [-0.05, 0) is 48.4 Å². The highest BCUT2D eigenvalue weighted by Gasteiger charge is 2.46. The Morgan fingerprint density at radius 1 is 1.13 bits per heavy atom. The molecule has 4 atom stereocenters. The third kappa shape index (κ3) is 3.63. The van der Waals surface area contributed by atoms with Gasteiger partial charge < -0.3 is 9.74 Å². The molecule has 31 heavy (non-hydrogen) atoms. The molecule has 0 bridgehead atoms. The Kier molecular flexibility index (Phi) is 4.85. The van der Waals surface area contributed by atoms with Gasteiger partial charge in [-0.25, -0.2) is 18.8 Å². The molecule has 2 aliphatic heterocycles. The molecule has 0 N–H and O–H groups in total. The van der Waals surface area contributed by atoms with E-state index in [1.165, 1.54) is 17.1 Å². The number of rotatable bonds is 3. The van der Waals surface area contributed by atoms with Crippen LogP contribution in [0.2, 0.25) is 0 Å². The zero-order valence-corrected chi connectivity index (χ0v) is 16.7. The van der Waals surface area contributed by atoms with Crippen LogP contribution in [0.25, 0.3) is 4.85 Å². The molecule has 3 heterocycles. The second kappa shape index (κ2) is 7.69. The number of hydrogen-bond acceptors (Lipinski definition) is 5. The molecule has 0 radical (unpaired) electrons. The Labute approximate surface area is 178 Å². The molecule has 7 nitrogen and oxygen atoms in total. The number of halogens is 2. The molecule has 1 saturated carbocycles. The molecule has 1 unspecified atom stereocenters. The molecular formula is C22H20F2N6O. The van der Waals surface area contributed by atoms with Gasteiger partial charge >= 0.3 is 5.95 Å². The van der Waals surface area contributed by atoms with Crippen LogP contribution in [-0.4, -0.2) is 40.2 Å². The first-order valence-corrected chi connectivity index (χ1v) is 10.3. The zero-order chi connectivity index (χ0) is 21.5. The van der Waals surface area contributed by atoms with Crippen molar-refractivity contribution in [1.29, 1.82) is 0 Å². The van der Waals surface area contributed by atoms with E-state index in [0.29, 0.717) is 35.6 Å².